The van der Waals surface area contributed by atoms with E-state index in [1.807, 2.05) is 6.92 Å². The number of likely N-dealkylation sites (N-methyl/N-ethyl adjacent to an activating group) is 1. The van der Waals surface area contributed by atoms with Gasteiger partial charge in [-0.05, 0) is 26.3 Å². The zero-order valence-electron chi connectivity index (χ0n) is 12.5. The Morgan fingerprint density at radius 2 is 2.27 bits per heavy atom. The first-order valence-electron chi connectivity index (χ1n) is 7.21. The third-order valence-corrected chi connectivity index (χ3v) is 5.61. The molecule has 0 aliphatic carbocycles. The lowest BCUT2D eigenvalue weighted by atomic mass is 9.80. The summed E-state index contributed by atoms with van der Waals surface area (Å²) in [5.74, 6) is -0.0780. The number of nitrogens with zero attached hydrogens (tertiary/aromatic N) is 4. The van der Waals surface area contributed by atoms with Gasteiger partial charge in [0, 0.05) is 37.6 Å². The average Bonchev–Trinajstić information content (AvgIpc) is 2.98. The van der Waals surface area contributed by atoms with Crippen LogP contribution in [-0.4, -0.2) is 57.0 Å². The number of carbonyl (C=O) groups excluding carboxylic acids is 2. The fraction of sp³-hybridized carbons (Fsp3) is 0.692. The number of carbonyl (C=O) groups is 2. The molecule has 3 amide bonds. The molecule has 0 spiro atoms. The molecule has 2 saturated heterocycles. The van der Waals surface area contributed by atoms with E-state index in [1.165, 1.54) is 23.5 Å². The van der Waals surface area contributed by atoms with Gasteiger partial charge in [-0.2, -0.15) is 0 Å². The van der Waals surface area contributed by atoms with E-state index in [9.17, 15) is 9.59 Å². The molecule has 7 nitrogen and oxygen atoms in total. The molecule has 22 heavy (non-hydrogen) atoms. The van der Waals surface area contributed by atoms with E-state index in [4.69, 9.17) is 11.6 Å². The standard InChI is InChI=1S/C13H18ClN5O2S/c1-13(11(20)18(2)12(21)15-13)8-4-3-5-19(6-8)7-9-10(14)22-17-16-9/h8H,3-7H2,1-2H3,(H,15,21)/t8-,13-/m0/s1. The highest BCUT2D eigenvalue weighted by atomic mass is 35.5. The molecule has 0 radical (unpaired) electrons. The first-order valence-corrected chi connectivity index (χ1v) is 8.36. The normalized spacial score (nSPS) is 30.0. The minimum Gasteiger partial charge on any atom is -0.323 e. The second kappa shape index (κ2) is 5.75. The molecule has 3 heterocycles. The van der Waals surface area contributed by atoms with Gasteiger partial charge in [0.05, 0.1) is 0 Å². The van der Waals surface area contributed by atoms with Crippen LogP contribution in [-0.2, 0) is 11.3 Å². The van der Waals surface area contributed by atoms with E-state index in [1.54, 1.807) is 0 Å². The van der Waals surface area contributed by atoms with E-state index in [0.29, 0.717) is 10.9 Å². The zero-order chi connectivity index (χ0) is 15.9. The summed E-state index contributed by atoms with van der Waals surface area (Å²) in [7, 11) is 1.52. The van der Waals surface area contributed by atoms with Gasteiger partial charge >= 0.3 is 6.03 Å². The maximum atomic E-state index is 12.4. The molecule has 0 bridgehead atoms. The fourth-order valence-electron chi connectivity index (χ4n) is 3.25. The number of halogens is 1. The van der Waals surface area contributed by atoms with E-state index in [2.05, 4.69) is 19.8 Å². The van der Waals surface area contributed by atoms with E-state index < -0.39 is 5.54 Å². The summed E-state index contributed by atoms with van der Waals surface area (Å²) in [6, 6.07) is -0.323. The third-order valence-electron chi connectivity index (χ3n) is 4.62. The van der Waals surface area contributed by atoms with Crippen molar-refractivity contribution in [2.24, 2.45) is 5.92 Å². The maximum absolute atomic E-state index is 12.4. The van der Waals surface area contributed by atoms with Crippen LogP contribution in [0, 0.1) is 5.92 Å². The van der Waals surface area contributed by atoms with E-state index in [-0.39, 0.29) is 17.9 Å². The van der Waals surface area contributed by atoms with Gasteiger partial charge in [-0.15, -0.1) is 5.10 Å². The lowest BCUT2D eigenvalue weighted by Crippen LogP contribution is -2.55. The molecule has 0 aromatic carbocycles. The van der Waals surface area contributed by atoms with Gasteiger partial charge in [0.15, 0.2) is 0 Å². The van der Waals surface area contributed by atoms with Crippen molar-refractivity contribution in [2.45, 2.75) is 31.8 Å². The van der Waals surface area contributed by atoms with Crippen LogP contribution in [0.5, 0.6) is 0 Å². The van der Waals surface area contributed by atoms with Crippen LogP contribution in [0.4, 0.5) is 4.79 Å². The number of amides is 3. The van der Waals surface area contributed by atoms with Crippen molar-refractivity contribution in [1.82, 2.24) is 24.7 Å². The predicted octanol–water partition coefficient (Wildman–Crippen LogP) is 1.34. The van der Waals surface area contributed by atoms with Crippen molar-refractivity contribution in [3.8, 4) is 0 Å². The lowest BCUT2D eigenvalue weighted by Gasteiger charge is -2.39. The van der Waals surface area contributed by atoms with Crippen molar-refractivity contribution < 1.29 is 9.59 Å². The summed E-state index contributed by atoms with van der Waals surface area (Å²) in [4.78, 5) is 27.6. The highest BCUT2D eigenvalue weighted by Gasteiger charge is 2.51. The van der Waals surface area contributed by atoms with Crippen molar-refractivity contribution in [3.05, 3.63) is 10.0 Å². The molecule has 0 unspecified atom stereocenters. The van der Waals surface area contributed by atoms with E-state index >= 15 is 0 Å². The van der Waals surface area contributed by atoms with Gasteiger partial charge in [0.2, 0.25) is 0 Å². The largest absolute Gasteiger partial charge is 0.324 e. The Bertz CT molecular complexity index is 609. The van der Waals surface area contributed by atoms with Gasteiger partial charge in [-0.3, -0.25) is 14.6 Å². The number of rotatable bonds is 3. The van der Waals surface area contributed by atoms with Crippen LogP contribution in [0.2, 0.25) is 4.34 Å². The summed E-state index contributed by atoms with van der Waals surface area (Å²) < 4.78 is 4.45. The first-order chi connectivity index (χ1) is 10.4. The Morgan fingerprint density at radius 3 is 2.86 bits per heavy atom. The number of hydrogen-bond donors (Lipinski definition) is 1. The summed E-state index contributed by atoms with van der Waals surface area (Å²) in [5, 5.41) is 6.89. The fourth-order valence-corrected chi connectivity index (χ4v) is 3.86. The van der Waals surface area contributed by atoms with Crippen LogP contribution >= 0.6 is 23.1 Å². The maximum Gasteiger partial charge on any atom is 0.324 e. The molecule has 2 fully saturated rings. The van der Waals surface area contributed by atoms with Crippen LogP contribution in [0.1, 0.15) is 25.5 Å². The zero-order valence-corrected chi connectivity index (χ0v) is 14.1. The molecule has 3 rings (SSSR count). The molecule has 2 aliphatic rings. The number of imide groups is 1. The highest BCUT2D eigenvalue weighted by molar-refractivity contribution is 7.10. The average molecular weight is 344 g/mol. The van der Waals surface area contributed by atoms with Gasteiger partial charge in [-0.25, -0.2) is 4.79 Å². The molecule has 120 valence electrons. The summed E-state index contributed by atoms with van der Waals surface area (Å²) >= 11 is 7.24. The second-order valence-corrected chi connectivity index (χ2v) is 7.42. The Morgan fingerprint density at radius 1 is 1.50 bits per heavy atom. The smallest absolute Gasteiger partial charge is 0.323 e. The Hall–Kier alpha value is -1.25. The van der Waals surface area contributed by atoms with Crippen molar-refractivity contribution >= 4 is 35.1 Å². The molecule has 2 atom stereocenters. The topological polar surface area (TPSA) is 78.4 Å². The van der Waals surface area contributed by atoms with Crippen LogP contribution in [0.25, 0.3) is 0 Å². The van der Waals surface area contributed by atoms with Gasteiger partial charge < -0.3 is 5.32 Å². The van der Waals surface area contributed by atoms with E-state index in [0.717, 1.165) is 31.6 Å². The quantitative estimate of drug-likeness (QED) is 0.838. The number of likely N-dealkylation sites (tertiary alicyclic amines) is 1. The van der Waals surface area contributed by atoms with Crippen molar-refractivity contribution in [3.63, 3.8) is 0 Å². The molecule has 0 saturated carbocycles. The Balaban J connectivity index is 1.72. The Labute approximate surface area is 137 Å². The Kier molecular flexibility index (Phi) is 4.09. The molecule has 1 N–H and O–H groups in total. The number of urea groups is 1. The minimum atomic E-state index is -0.825. The molecule has 1 aromatic heterocycles. The number of piperidine rings is 1. The molecular formula is C13H18ClN5O2S. The number of aromatic nitrogens is 2. The summed E-state index contributed by atoms with van der Waals surface area (Å²) in [5.41, 5.74) is -0.0504. The van der Waals surface area contributed by atoms with Crippen molar-refractivity contribution in [2.75, 3.05) is 20.1 Å². The second-order valence-electron chi connectivity index (χ2n) is 6.06. The predicted molar refractivity (Wildman–Crippen MR) is 82.6 cm³/mol. The first kappa shape index (κ1) is 15.6. The van der Waals surface area contributed by atoms with Crippen LogP contribution in [0.15, 0.2) is 0 Å². The number of nitrogens with one attached hydrogen (secondary N) is 1. The van der Waals surface area contributed by atoms with Gasteiger partial charge in [0.1, 0.15) is 15.6 Å². The lowest BCUT2D eigenvalue weighted by molar-refractivity contribution is -0.132. The molecular weight excluding hydrogens is 326 g/mol. The highest BCUT2D eigenvalue weighted by Crippen LogP contribution is 2.32. The third kappa shape index (κ3) is 2.59. The monoisotopic (exact) mass is 343 g/mol. The summed E-state index contributed by atoms with van der Waals surface area (Å²) in [6.07, 6.45) is 1.89. The van der Waals surface area contributed by atoms with Crippen LogP contribution < -0.4 is 5.32 Å². The van der Waals surface area contributed by atoms with Gasteiger partial charge in [-0.1, -0.05) is 16.1 Å². The molecule has 2 aliphatic heterocycles. The van der Waals surface area contributed by atoms with Crippen LogP contribution in [0.3, 0.4) is 0 Å². The SMILES string of the molecule is CN1C(=O)N[C@@](C)([C@H]2CCCN(Cc3nnsc3Cl)C2)C1=O. The van der Waals surface area contributed by atoms with Gasteiger partial charge in [0.25, 0.3) is 5.91 Å². The molecule has 1 aromatic rings. The minimum absolute atomic E-state index is 0.0769. The molecule has 9 heteroatoms. The van der Waals surface area contributed by atoms with Crippen molar-refractivity contribution in [1.29, 1.82) is 0 Å². The summed E-state index contributed by atoms with van der Waals surface area (Å²) in [6.45, 7) is 4.10. The number of hydrogen-bond acceptors (Lipinski definition) is 6.